The van der Waals surface area contributed by atoms with E-state index in [2.05, 4.69) is 0 Å². The number of rotatable bonds is 4. The number of imidazole rings is 1. The molecule has 29 heavy (non-hydrogen) atoms. The Kier molecular flexibility index (Phi) is 4.26. The van der Waals surface area contributed by atoms with Crippen LogP contribution in [0.1, 0.15) is 0 Å². The number of methoxy groups -OCH3 is 1. The molecule has 0 amide bonds. The van der Waals surface area contributed by atoms with Gasteiger partial charge in [-0.3, -0.25) is 0 Å². The van der Waals surface area contributed by atoms with Gasteiger partial charge in [0.25, 0.3) is 5.78 Å². The van der Waals surface area contributed by atoms with Crippen LogP contribution >= 0.6 is 0 Å². The summed E-state index contributed by atoms with van der Waals surface area (Å²) in [5.74, 6) is 1.34. The summed E-state index contributed by atoms with van der Waals surface area (Å²) in [7, 11) is 1.66. The maximum Gasteiger partial charge on any atom is 0.251 e. The van der Waals surface area contributed by atoms with Crippen LogP contribution in [0.4, 0.5) is 0 Å². The van der Waals surface area contributed by atoms with Gasteiger partial charge in [-0.2, -0.15) is 5.10 Å². The molecule has 0 saturated carbocycles. The first-order valence-corrected chi connectivity index (χ1v) is 9.34. The summed E-state index contributed by atoms with van der Waals surface area (Å²) in [5, 5.41) is 4.87. The molecule has 5 heteroatoms. The lowest BCUT2D eigenvalue weighted by Gasteiger charge is -2.08. The van der Waals surface area contributed by atoms with E-state index in [9.17, 15) is 0 Å². The van der Waals surface area contributed by atoms with Gasteiger partial charge in [0, 0.05) is 16.7 Å². The summed E-state index contributed by atoms with van der Waals surface area (Å²) in [4.78, 5) is 9.58. The van der Waals surface area contributed by atoms with Crippen molar-refractivity contribution in [3.63, 3.8) is 0 Å². The molecular weight excluding hydrogens is 360 g/mol. The number of fused-ring (bicyclic) bond motifs is 1. The zero-order valence-electron chi connectivity index (χ0n) is 15.9. The maximum atomic E-state index is 5.34. The van der Waals surface area contributed by atoms with E-state index in [1.54, 1.807) is 11.6 Å². The van der Waals surface area contributed by atoms with Gasteiger partial charge in [0.05, 0.1) is 19.0 Å². The monoisotopic (exact) mass is 378 g/mol. The first kappa shape index (κ1) is 17.1. The van der Waals surface area contributed by atoms with Crippen LogP contribution in [0.3, 0.4) is 0 Å². The minimum Gasteiger partial charge on any atom is -0.497 e. The summed E-state index contributed by atoms with van der Waals surface area (Å²) in [6.07, 6.45) is 1.90. The van der Waals surface area contributed by atoms with Crippen LogP contribution < -0.4 is 4.74 Å². The average molecular weight is 378 g/mol. The fraction of sp³-hybridized carbons (Fsp3) is 0.0417. The van der Waals surface area contributed by atoms with Crippen LogP contribution in [0.5, 0.6) is 5.75 Å². The summed E-state index contributed by atoms with van der Waals surface area (Å²) >= 11 is 0. The van der Waals surface area contributed by atoms with Crippen molar-refractivity contribution in [3.05, 3.63) is 91.1 Å². The number of hydrogen-bond donors (Lipinski definition) is 0. The molecule has 0 aliphatic carbocycles. The smallest absolute Gasteiger partial charge is 0.251 e. The van der Waals surface area contributed by atoms with Gasteiger partial charge < -0.3 is 4.74 Å². The molecule has 0 fully saturated rings. The second kappa shape index (κ2) is 7.20. The zero-order valence-corrected chi connectivity index (χ0v) is 15.9. The highest BCUT2D eigenvalue weighted by Crippen LogP contribution is 2.30. The molecule has 0 atom stereocenters. The molecule has 0 unspecified atom stereocenters. The first-order chi connectivity index (χ1) is 14.3. The fourth-order valence-electron chi connectivity index (χ4n) is 3.33. The van der Waals surface area contributed by atoms with Crippen molar-refractivity contribution in [2.24, 2.45) is 0 Å². The predicted octanol–water partition coefficient (Wildman–Crippen LogP) is 5.13. The minimum atomic E-state index is 0.557. The van der Waals surface area contributed by atoms with Gasteiger partial charge in [-0.15, -0.1) is 0 Å². The van der Waals surface area contributed by atoms with E-state index in [0.29, 0.717) is 5.78 Å². The Balaban J connectivity index is 1.72. The summed E-state index contributed by atoms with van der Waals surface area (Å²) in [6, 6.07) is 28.0. The van der Waals surface area contributed by atoms with Crippen molar-refractivity contribution in [2.45, 2.75) is 0 Å². The Bertz CT molecular complexity index is 1200. The van der Waals surface area contributed by atoms with E-state index >= 15 is 0 Å². The normalized spacial score (nSPS) is 10.9. The van der Waals surface area contributed by atoms with Crippen LogP contribution in [-0.2, 0) is 0 Å². The van der Waals surface area contributed by atoms with Gasteiger partial charge in [-0.25, -0.2) is 14.5 Å². The van der Waals surface area contributed by atoms with E-state index in [-0.39, 0.29) is 0 Å². The first-order valence-electron chi connectivity index (χ1n) is 9.34. The Hall–Kier alpha value is -3.99. The summed E-state index contributed by atoms with van der Waals surface area (Å²) in [5.41, 5.74) is 5.41. The topological polar surface area (TPSA) is 52.3 Å². The molecule has 5 nitrogen and oxygen atoms in total. The average Bonchev–Trinajstić information content (AvgIpc) is 3.23. The standard InChI is InChI=1S/C24H18N4O/c1-29-20-14-8-13-19(15-20)21-16-28-24(25-21)26-22(17-9-4-2-5-10-17)23(27-28)18-11-6-3-7-12-18/h2-16H,1H3. The van der Waals surface area contributed by atoms with Gasteiger partial charge in [0.15, 0.2) is 0 Å². The number of nitrogens with zero attached hydrogens (tertiary/aromatic N) is 4. The number of benzene rings is 3. The van der Waals surface area contributed by atoms with E-state index in [1.165, 1.54) is 0 Å². The largest absolute Gasteiger partial charge is 0.497 e. The van der Waals surface area contributed by atoms with Crippen LogP contribution in [-0.4, -0.2) is 26.7 Å². The predicted molar refractivity (Wildman–Crippen MR) is 114 cm³/mol. The molecule has 0 N–H and O–H groups in total. The lowest BCUT2D eigenvalue weighted by Crippen LogP contribution is -2.00. The van der Waals surface area contributed by atoms with Crippen LogP contribution in [0.2, 0.25) is 0 Å². The van der Waals surface area contributed by atoms with Gasteiger partial charge in [0.1, 0.15) is 17.1 Å². The molecule has 140 valence electrons. The quantitative estimate of drug-likeness (QED) is 0.435. The highest BCUT2D eigenvalue weighted by atomic mass is 16.5. The SMILES string of the molecule is COc1cccc(-c2cn3nc(-c4ccccc4)c(-c4ccccc4)nc3n2)c1. The Morgan fingerprint density at radius 2 is 1.34 bits per heavy atom. The van der Waals surface area contributed by atoms with Crippen LogP contribution in [0, 0.1) is 0 Å². The second-order valence-electron chi connectivity index (χ2n) is 6.64. The molecule has 0 spiro atoms. The molecule has 2 aromatic heterocycles. The molecule has 0 aliphatic rings. The van der Waals surface area contributed by atoms with Gasteiger partial charge in [0.2, 0.25) is 0 Å². The molecule has 5 rings (SSSR count). The minimum absolute atomic E-state index is 0.557. The summed E-state index contributed by atoms with van der Waals surface area (Å²) in [6.45, 7) is 0. The molecule has 0 aliphatic heterocycles. The van der Waals surface area contributed by atoms with Crippen LogP contribution in [0.25, 0.3) is 39.5 Å². The van der Waals surface area contributed by atoms with Crippen molar-refractivity contribution in [1.82, 2.24) is 19.6 Å². The summed E-state index contributed by atoms with van der Waals surface area (Å²) < 4.78 is 7.08. The van der Waals surface area contributed by atoms with Crippen molar-refractivity contribution >= 4 is 5.78 Å². The number of hydrogen-bond acceptors (Lipinski definition) is 4. The van der Waals surface area contributed by atoms with E-state index in [0.717, 1.165) is 39.5 Å². The maximum absolute atomic E-state index is 5.34. The zero-order chi connectivity index (χ0) is 19.6. The fourth-order valence-corrected chi connectivity index (χ4v) is 3.33. The molecular formula is C24H18N4O. The van der Waals surface area contributed by atoms with E-state index in [1.807, 2.05) is 91.1 Å². The van der Waals surface area contributed by atoms with E-state index in [4.69, 9.17) is 19.8 Å². The number of ether oxygens (including phenoxy) is 1. The van der Waals surface area contributed by atoms with Gasteiger partial charge in [-0.1, -0.05) is 72.8 Å². The van der Waals surface area contributed by atoms with Crippen molar-refractivity contribution < 1.29 is 4.74 Å². The third kappa shape index (κ3) is 3.23. The molecule has 0 radical (unpaired) electrons. The second-order valence-corrected chi connectivity index (χ2v) is 6.64. The van der Waals surface area contributed by atoms with Crippen LogP contribution in [0.15, 0.2) is 91.1 Å². The highest BCUT2D eigenvalue weighted by molar-refractivity contribution is 5.78. The number of aromatic nitrogens is 4. The third-order valence-electron chi connectivity index (χ3n) is 4.77. The third-order valence-corrected chi connectivity index (χ3v) is 4.77. The Labute approximate surface area is 168 Å². The van der Waals surface area contributed by atoms with Crippen molar-refractivity contribution in [1.29, 1.82) is 0 Å². The molecule has 0 saturated heterocycles. The Morgan fingerprint density at radius 3 is 2.03 bits per heavy atom. The molecule has 0 bridgehead atoms. The highest BCUT2D eigenvalue weighted by Gasteiger charge is 2.15. The van der Waals surface area contributed by atoms with E-state index < -0.39 is 0 Å². The lowest BCUT2D eigenvalue weighted by molar-refractivity contribution is 0.415. The Morgan fingerprint density at radius 1 is 0.690 bits per heavy atom. The lowest BCUT2D eigenvalue weighted by atomic mass is 10.0. The molecule has 2 heterocycles. The molecule has 5 aromatic rings. The molecule has 3 aromatic carbocycles. The van der Waals surface area contributed by atoms with Crippen molar-refractivity contribution in [2.75, 3.05) is 7.11 Å². The van der Waals surface area contributed by atoms with Gasteiger partial charge >= 0.3 is 0 Å². The van der Waals surface area contributed by atoms with Crippen molar-refractivity contribution in [3.8, 4) is 39.5 Å². The van der Waals surface area contributed by atoms with Gasteiger partial charge in [-0.05, 0) is 12.1 Å².